The molecule has 6 rings (SSSR count). The van der Waals surface area contributed by atoms with Crippen LogP contribution in [0.25, 0.3) is 22.3 Å². The molecule has 0 spiro atoms. The van der Waals surface area contributed by atoms with Gasteiger partial charge in [-0.15, -0.1) is 0 Å². The maximum absolute atomic E-state index is 12.9. The highest BCUT2D eigenvalue weighted by molar-refractivity contribution is 5.86. The van der Waals surface area contributed by atoms with E-state index in [9.17, 15) is 65.8 Å². The summed E-state index contributed by atoms with van der Waals surface area (Å²) in [6.07, 6.45) is -25.2. The molecule has 0 aliphatic carbocycles. The molecule has 2 aromatic carbocycles. The van der Waals surface area contributed by atoms with Gasteiger partial charge in [0.15, 0.2) is 24.1 Å². The summed E-state index contributed by atoms with van der Waals surface area (Å²) in [6.45, 7) is 1.03. The van der Waals surface area contributed by atoms with Gasteiger partial charge in [-0.3, -0.25) is 9.59 Å². The topological polar surface area (TPSA) is 334 Å². The summed E-state index contributed by atoms with van der Waals surface area (Å²) in [5, 5.41) is 114. The molecule has 0 amide bonds. The molecule has 3 fully saturated rings. The van der Waals surface area contributed by atoms with Gasteiger partial charge in [0.2, 0.25) is 6.29 Å². The van der Waals surface area contributed by atoms with E-state index in [1.54, 1.807) is 0 Å². The highest BCUT2D eigenvalue weighted by atomic mass is 16.8. The average molecular weight is 799 g/mol. The van der Waals surface area contributed by atoms with Gasteiger partial charge in [-0.25, -0.2) is 0 Å². The Morgan fingerprint density at radius 1 is 0.732 bits per heavy atom. The third-order valence-electron chi connectivity index (χ3n) is 9.55. The number of benzene rings is 2. The lowest BCUT2D eigenvalue weighted by Gasteiger charge is -2.46. The van der Waals surface area contributed by atoms with Crippen LogP contribution in [-0.2, 0) is 33.2 Å². The second-order valence-corrected chi connectivity index (χ2v) is 13.5. The second-order valence-electron chi connectivity index (χ2n) is 13.5. The molecule has 3 aliphatic rings. The molecule has 0 radical (unpaired) electrons. The van der Waals surface area contributed by atoms with E-state index in [1.807, 2.05) is 0 Å². The smallest absolute Gasteiger partial charge is 0.303 e. The van der Waals surface area contributed by atoms with Gasteiger partial charge < -0.3 is 93.7 Å². The zero-order valence-corrected chi connectivity index (χ0v) is 29.5. The average Bonchev–Trinajstić information content (AvgIpc) is 3.13. The lowest BCUT2D eigenvalue weighted by Crippen LogP contribution is -2.65. The number of hydrogen-bond donors (Lipinski definition) is 11. The van der Waals surface area contributed by atoms with E-state index in [0.717, 1.165) is 31.2 Å². The van der Waals surface area contributed by atoms with E-state index in [-0.39, 0.29) is 33.8 Å². The number of aliphatic hydroxyl groups is 8. The van der Waals surface area contributed by atoms with Crippen molar-refractivity contribution < 1.29 is 98.5 Å². The largest absolute Gasteiger partial charge is 0.508 e. The van der Waals surface area contributed by atoms with Crippen LogP contribution in [0.4, 0.5) is 0 Å². The first-order chi connectivity index (χ1) is 26.5. The Hall–Kier alpha value is -4.20. The Balaban J connectivity index is 1.20. The summed E-state index contributed by atoms with van der Waals surface area (Å²) in [6, 6.07) is 6.62. The van der Waals surface area contributed by atoms with Gasteiger partial charge in [0, 0.05) is 31.2 Å². The van der Waals surface area contributed by atoms with Crippen LogP contribution in [0.3, 0.4) is 0 Å². The van der Waals surface area contributed by atoms with Crippen LogP contribution in [0.15, 0.2) is 45.6 Å². The molecule has 3 aliphatic heterocycles. The summed E-state index contributed by atoms with van der Waals surface area (Å²) in [4.78, 5) is 24.9. The van der Waals surface area contributed by atoms with Gasteiger partial charge in [0.25, 0.3) is 0 Å². The normalized spacial score (nSPS) is 36.3. The van der Waals surface area contributed by atoms with Crippen molar-refractivity contribution in [2.24, 2.45) is 0 Å². The maximum atomic E-state index is 12.9. The van der Waals surface area contributed by atoms with Crippen LogP contribution in [0, 0.1) is 0 Å². The number of carbonyl (C=O) groups excluding carboxylic acids is 1. The third kappa shape index (κ3) is 8.26. The molecule has 11 N–H and O–H groups in total. The molecular formula is C35H42O21. The number of aliphatic hydroxyl groups excluding tert-OH is 8. The summed E-state index contributed by atoms with van der Waals surface area (Å²) in [7, 11) is 0. The van der Waals surface area contributed by atoms with Gasteiger partial charge in [0.1, 0.15) is 101 Å². The predicted molar refractivity (Wildman–Crippen MR) is 181 cm³/mol. The Kier molecular flexibility index (Phi) is 12.4. The first-order valence-electron chi connectivity index (χ1n) is 17.3. The van der Waals surface area contributed by atoms with Crippen LogP contribution in [0.1, 0.15) is 13.8 Å². The van der Waals surface area contributed by atoms with Crippen LogP contribution < -0.4 is 10.2 Å². The number of carbonyl (C=O) groups is 1. The number of rotatable bonds is 10. The number of hydrogen-bond acceptors (Lipinski definition) is 21. The molecule has 21 heteroatoms. The Bertz CT molecular complexity index is 1920. The number of ether oxygens (including phenoxy) is 7. The van der Waals surface area contributed by atoms with Gasteiger partial charge in [-0.05, 0) is 19.1 Å². The summed E-state index contributed by atoms with van der Waals surface area (Å²) < 4.78 is 45.3. The predicted octanol–water partition coefficient (Wildman–Crippen LogP) is -3.00. The van der Waals surface area contributed by atoms with Gasteiger partial charge in [-0.1, -0.05) is 0 Å². The van der Waals surface area contributed by atoms with Gasteiger partial charge in [-0.2, -0.15) is 0 Å². The van der Waals surface area contributed by atoms with Crippen LogP contribution in [0.5, 0.6) is 23.0 Å². The lowest BCUT2D eigenvalue weighted by molar-refractivity contribution is -0.361. The van der Waals surface area contributed by atoms with E-state index in [4.69, 9.17) is 37.6 Å². The molecule has 0 saturated carbocycles. The number of esters is 1. The quantitative estimate of drug-likeness (QED) is 0.0911. The van der Waals surface area contributed by atoms with Crippen molar-refractivity contribution in [3.63, 3.8) is 0 Å². The zero-order valence-electron chi connectivity index (χ0n) is 29.5. The molecule has 3 saturated heterocycles. The molecule has 15 atom stereocenters. The summed E-state index contributed by atoms with van der Waals surface area (Å²) >= 11 is 0. The SMILES string of the molecule is CC(=O)OC1C(C)OC(OCC2OC(Oc3cc(O)ccc3-c3cc(=O)c4c(O)cc(O)cc4o3)C(O)C(O)C2O)C(O)C1OC1OC(CO)C(O)C(O)C1O. The molecule has 56 heavy (non-hydrogen) atoms. The van der Waals surface area contributed by atoms with E-state index in [0.29, 0.717) is 0 Å². The van der Waals surface area contributed by atoms with Crippen LogP contribution in [0.2, 0.25) is 0 Å². The summed E-state index contributed by atoms with van der Waals surface area (Å²) in [5.74, 6) is -2.53. The molecule has 308 valence electrons. The van der Waals surface area contributed by atoms with Crippen molar-refractivity contribution in [2.45, 2.75) is 106 Å². The highest BCUT2D eigenvalue weighted by Crippen LogP contribution is 2.38. The number of aromatic hydroxyl groups is 3. The number of phenolic OH excluding ortho intramolecular Hbond substituents is 3. The molecule has 4 heterocycles. The standard InChI is InChI=1S/C35H42O21/c1-11-31(51-12(2)37)32(56-35-29(47)26(44)24(42)21(9-36)54-35)30(48)33(50-11)49-10-22-25(43)27(45)28(46)34(55-22)53-18-6-13(38)3-4-15(18)19-8-17(41)23-16(40)5-14(39)7-20(23)52-19/h3-8,11,21-22,24-36,38-40,42-48H,9-10H2,1-2H3. The highest BCUT2D eigenvalue weighted by Gasteiger charge is 2.52. The first-order valence-corrected chi connectivity index (χ1v) is 17.3. The van der Waals surface area contributed by atoms with Crippen LogP contribution in [-0.4, -0.2) is 167 Å². The molecule has 21 nitrogen and oxygen atoms in total. The minimum Gasteiger partial charge on any atom is -0.508 e. The van der Waals surface area contributed by atoms with Gasteiger partial charge >= 0.3 is 5.97 Å². The molecule has 15 unspecified atom stereocenters. The fourth-order valence-electron chi connectivity index (χ4n) is 6.64. The fraction of sp³-hybridized carbons (Fsp3) is 0.543. The van der Waals surface area contributed by atoms with E-state index < -0.39 is 128 Å². The second kappa shape index (κ2) is 16.7. The molecule has 1 aromatic heterocycles. The molecular weight excluding hydrogens is 756 g/mol. The maximum Gasteiger partial charge on any atom is 0.303 e. The van der Waals surface area contributed by atoms with E-state index >= 15 is 0 Å². The Morgan fingerprint density at radius 2 is 1.39 bits per heavy atom. The Labute approximate surface area is 315 Å². The van der Waals surface area contributed by atoms with Crippen molar-refractivity contribution in [2.75, 3.05) is 13.2 Å². The fourth-order valence-corrected chi connectivity index (χ4v) is 6.64. The van der Waals surface area contributed by atoms with Crippen molar-refractivity contribution in [1.82, 2.24) is 0 Å². The van der Waals surface area contributed by atoms with Crippen molar-refractivity contribution >= 4 is 16.9 Å². The lowest BCUT2D eigenvalue weighted by atomic mass is 9.97. The Morgan fingerprint density at radius 3 is 2.07 bits per heavy atom. The monoisotopic (exact) mass is 798 g/mol. The number of fused-ring (bicyclic) bond motifs is 1. The van der Waals surface area contributed by atoms with Crippen molar-refractivity contribution in [1.29, 1.82) is 0 Å². The van der Waals surface area contributed by atoms with Crippen LogP contribution >= 0.6 is 0 Å². The molecule has 3 aromatic rings. The van der Waals surface area contributed by atoms with Crippen molar-refractivity contribution in [3.05, 3.63) is 46.6 Å². The first kappa shape index (κ1) is 41.4. The minimum atomic E-state index is -1.93. The minimum absolute atomic E-state index is 0.00865. The summed E-state index contributed by atoms with van der Waals surface area (Å²) in [5.41, 5.74) is -0.895. The third-order valence-corrected chi connectivity index (χ3v) is 9.55. The molecule has 0 bridgehead atoms. The number of phenols is 3. The zero-order chi connectivity index (χ0) is 40.7. The van der Waals surface area contributed by atoms with E-state index in [1.165, 1.54) is 19.1 Å². The van der Waals surface area contributed by atoms with E-state index in [2.05, 4.69) is 0 Å². The van der Waals surface area contributed by atoms with Crippen molar-refractivity contribution in [3.8, 4) is 34.3 Å². The van der Waals surface area contributed by atoms with Gasteiger partial charge in [0.05, 0.1) is 24.9 Å².